The maximum atomic E-state index is 13.8. The lowest BCUT2D eigenvalue weighted by Gasteiger charge is -2.18. The SMILES string of the molecule is NNC(Cc1c(F)cccc1Cl)c1cnccc1N. The summed E-state index contributed by atoms with van der Waals surface area (Å²) in [5, 5.41) is 0.364. The molecule has 1 heterocycles. The number of nitrogens with two attached hydrogens (primary N) is 2. The summed E-state index contributed by atoms with van der Waals surface area (Å²) in [5.41, 5.74) is 10.1. The van der Waals surface area contributed by atoms with E-state index in [1.54, 1.807) is 30.6 Å². The van der Waals surface area contributed by atoms with Crippen LogP contribution in [0.25, 0.3) is 0 Å². The molecule has 0 spiro atoms. The number of benzene rings is 1. The minimum atomic E-state index is -0.366. The third-order valence-corrected chi connectivity index (χ3v) is 3.29. The molecule has 0 saturated heterocycles. The number of nitrogens with zero attached hydrogens (tertiary/aromatic N) is 1. The number of halogens is 2. The van der Waals surface area contributed by atoms with Crippen molar-refractivity contribution < 1.29 is 4.39 Å². The fourth-order valence-corrected chi connectivity index (χ4v) is 2.14. The first-order valence-corrected chi connectivity index (χ1v) is 6.09. The van der Waals surface area contributed by atoms with Gasteiger partial charge in [-0.25, -0.2) is 4.39 Å². The highest BCUT2D eigenvalue weighted by Crippen LogP contribution is 2.27. The van der Waals surface area contributed by atoms with Crippen molar-refractivity contribution in [2.45, 2.75) is 12.5 Å². The average molecular weight is 281 g/mol. The van der Waals surface area contributed by atoms with Gasteiger partial charge in [-0.15, -0.1) is 0 Å². The van der Waals surface area contributed by atoms with Crippen molar-refractivity contribution in [3.05, 3.63) is 58.6 Å². The van der Waals surface area contributed by atoms with Crippen LogP contribution < -0.4 is 17.0 Å². The van der Waals surface area contributed by atoms with Crippen LogP contribution in [-0.4, -0.2) is 4.98 Å². The molecule has 0 aliphatic carbocycles. The summed E-state index contributed by atoms with van der Waals surface area (Å²) in [7, 11) is 0. The quantitative estimate of drug-likeness (QED) is 0.593. The average Bonchev–Trinajstić information content (AvgIpc) is 2.40. The Labute approximate surface area is 115 Å². The topological polar surface area (TPSA) is 77.0 Å². The summed E-state index contributed by atoms with van der Waals surface area (Å²) in [5.74, 6) is 5.16. The van der Waals surface area contributed by atoms with E-state index in [2.05, 4.69) is 10.4 Å². The Hall–Kier alpha value is -1.69. The Bertz CT molecular complexity index is 556. The van der Waals surface area contributed by atoms with Crippen LogP contribution in [0.4, 0.5) is 10.1 Å². The molecule has 2 aromatic rings. The number of nitrogens with one attached hydrogen (secondary N) is 1. The predicted molar refractivity (Wildman–Crippen MR) is 73.8 cm³/mol. The van der Waals surface area contributed by atoms with Crippen molar-refractivity contribution >= 4 is 17.3 Å². The fourth-order valence-electron chi connectivity index (χ4n) is 1.90. The second kappa shape index (κ2) is 5.97. The van der Waals surface area contributed by atoms with Gasteiger partial charge in [-0.1, -0.05) is 17.7 Å². The number of rotatable bonds is 4. The van der Waals surface area contributed by atoms with Gasteiger partial charge in [0.2, 0.25) is 0 Å². The van der Waals surface area contributed by atoms with Gasteiger partial charge in [-0.2, -0.15) is 0 Å². The molecule has 4 nitrogen and oxygen atoms in total. The van der Waals surface area contributed by atoms with Gasteiger partial charge in [-0.3, -0.25) is 16.3 Å². The van der Waals surface area contributed by atoms with Crippen LogP contribution in [0.1, 0.15) is 17.2 Å². The normalized spacial score (nSPS) is 12.4. The molecule has 0 fully saturated rings. The minimum absolute atomic E-state index is 0.290. The number of aromatic nitrogens is 1. The molecule has 1 unspecified atom stereocenters. The molecule has 0 bridgehead atoms. The molecular formula is C13H14ClFN4. The summed E-state index contributed by atoms with van der Waals surface area (Å²) >= 11 is 6.00. The summed E-state index contributed by atoms with van der Waals surface area (Å²) < 4.78 is 13.8. The Balaban J connectivity index is 2.32. The van der Waals surface area contributed by atoms with Crippen molar-refractivity contribution in [2.75, 3.05) is 5.73 Å². The third-order valence-electron chi connectivity index (χ3n) is 2.93. The van der Waals surface area contributed by atoms with Crippen molar-refractivity contribution in [1.82, 2.24) is 10.4 Å². The summed E-state index contributed by atoms with van der Waals surface area (Å²) in [6, 6.07) is 5.87. The molecule has 0 saturated carbocycles. The van der Waals surface area contributed by atoms with Gasteiger partial charge in [0.15, 0.2) is 0 Å². The first-order chi connectivity index (χ1) is 9.13. The number of nitrogen functional groups attached to an aromatic ring is 1. The molecule has 0 radical (unpaired) electrons. The van der Waals surface area contributed by atoms with E-state index in [0.717, 1.165) is 0 Å². The van der Waals surface area contributed by atoms with E-state index >= 15 is 0 Å². The second-order valence-corrected chi connectivity index (χ2v) is 4.54. The first kappa shape index (κ1) is 13.7. The lowest BCUT2D eigenvalue weighted by atomic mass is 9.99. The number of pyridine rings is 1. The molecule has 0 aliphatic heterocycles. The smallest absolute Gasteiger partial charge is 0.127 e. The Kier molecular flexibility index (Phi) is 4.31. The lowest BCUT2D eigenvalue weighted by Crippen LogP contribution is -2.30. The Morgan fingerprint density at radius 2 is 2.16 bits per heavy atom. The summed E-state index contributed by atoms with van der Waals surface area (Å²) in [4.78, 5) is 4.00. The maximum Gasteiger partial charge on any atom is 0.127 e. The predicted octanol–water partition coefficient (Wildman–Crippen LogP) is 2.20. The van der Waals surface area contributed by atoms with Crippen molar-refractivity contribution in [3.63, 3.8) is 0 Å². The zero-order valence-corrected chi connectivity index (χ0v) is 10.9. The van der Waals surface area contributed by atoms with E-state index in [1.165, 1.54) is 6.07 Å². The maximum absolute atomic E-state index is 13.8. The van der Waals surface area contributed by atoms with Crippen LogP contribution in [0.3, 0.4) is 0 Å². The monoisotopic (exact) mass is 280 g/mol. The van der Waals surface area contributed by atoms with Gasteiger partial charge in [0, 0.05) is 34.2 Å². The molecular weight excluding hydrogens is 267 g/mol. The molecule has 1 aromatic heterocycles. The Morgan fingerprint density at radius 3 is 2.79 bits per heavy atom. The third kappa shape index (κ3) is 3.01. The van der Waals surface area contributed by atoms with Gasteiger partial charge in [-0.05, 0) is 24.6 Å². The van der Waals surface area contributed by atoms with Crippen molar-refractivity contribution in [1.29, 1.82) is 0 Å². The number of hydrazine groups is 1. The van der Waals surface area contributed by atoms with E-state index in [4.69, 9.17) is 23.2 Å². The highest BCUT2D eigenvalue weighted by Gasteiger charge is 2.17. The second-order valence-electron chi connectivity index (χ2n) is 4.13. The van der Waals surface area contributed by atoms with Gasteiger partial charge in [0.1, 0.15) is 5.82 Å². The first-order valence-electron chi connectivity index (χ1n) is 5.72. The lowest BCUT2D eigenvalue weighted by molar-refractivity contribution is 0.529. The van der Waals surface area contributed by atoms with Crippen LogP contribution in [-0.2, 0) is 6.42 Å². The van der Waals surface area contributed by atoms with Gasteiger partial charge < -0.3 is 5.73 Å². The molecule has 1 atom stereocenters. The van der Waals surface area contributed by atoms with Crippen LogP contribution in [0, 0.1) is 5.82 Å². The molecule has 0 aliphatic rings. The largest absolute Gasteiger partial charge is 0.398 e. The van der Waals surface area contributed by atoms with Gasteiger partial charge in [0.05, 0.1) is 6.04 Å². The Morgan fingerprint density at radius 1 is 1.37 bits per heavy atom. The van der Waals surface area contributed by atoms with Crippen molar-refractivity contribution in [2.24, 2.45) is 5.84 Å². The fraction of sp³-hybridized carbons (Fsp3) is 0.154. The van der Waals surface area contributed by atoms with Gasteiger partial charge >= 0.3 is 0 Å². The highest BCUT2D eigenvalue weighted by atomic mass is 35.5. The molecule has 5 N–H and O–H groups in total. The molecule has 0 amide bonds. The van der Waals surface area contributed by atoms with Crippen LogP contribution in [0.5, 0.6) is 0 Å². The van der Waals surface area contributed by atoms with E-state index in [0.29, 0.717) is 21.8 Å². The van der Waals surface area contributed by atoms with Gasteiger partial charge in [0.25, 0.3) is 0 Å². The zero-order chi connectivity index (χ0) is 13.8. The molecule has 2 rings (SSSR count). The van der Waals surface area contributed by atoms with Crippen LogP contribution >= 0.6 is 11.6 Å². The van der Waals surface area contributed by atoms with E-state index in [-0.39, 0.29) is 18.3 Å². The molecule has 1 aromatic carbocycles. The van der Waals surface area contributed by atoms with E-state index < -0.39 is 0 Å². The number of anilines is 1. The van der Waals surface area contributed by atoms with E-state index in [9.17, 15) is 4.39 Å². The minimum Gasteiger partial charge on any atom is -0.398 e. The standard InChI is InChI=1S/C13H14ClFN4/c14-10-2-1-3-11(15)8(10)6-13(19-17)9-7-18-5-4-12(9)16/h1-5,7,13,19H,6,17H2,(H2,16,18). The molecule has 19 heavy (non-hydrogen) atoms. The van der Waals surface area contributed by atoms with Crippen LogP contribution in [0.15, 0.2) is 36.7 Å². The summed E-state index contributed by atoms with van der Waals surface area (Å²) in [6.45, 7) is 0. The van der Waals surface area contributed by atoms with Crippen molar-refractivity contribution in [3.8, 4) is 0 Å². The van der Waals surface area contributed by atoms with E-state index in [1.807, 2.05) is 0 Å². The summed E-state index contributed by atoms with van der Waals surface area (Å²) in [6.07, 6.45) is 3.48. The number of hydrogen-bond acceptors (Lipinski definition) is 4. The molecule has 100 valence electrons. The van der Waals surface area contributed by atoms with Crippen LogP contribution in [0.2, 0.25) is 5.02 Å². The molecule has 6 heteroatoms. The highest BCUT2D eigenvalue weighted by molar-refractivity contribution is 6.31. The number of hydrogen-bond donors (Lipinski definition) is 3. The zero-order valence-electron chi connectivity index (χ0n) is 10.1.